The second-order valence-electron chi connectivity index (χ2n) is 7.99. The average molecular weight is 474 g/mol. The molecule has 0 aliphatic carbocycles. The largest absolute Gasteiger partial charge is 0.493 e. The lowest BCUT2D eigenvalue weighted by molar-refractivity contribution is -0.0512. The van der Waals surface area contributed by atoms with Gasteiger partial charge in [-0.3, -0.25) is 19.3 Å². The summed E-state index contributed by atoms with van der Waals surface area (Å²) in [5.41, 5.74) is 1.37. The maximum Gasteiger partial charge on any atom is 0.387 e. The Morgan fingerprint density at radius 1 is 1.15 bits per heavy atom. The van der Waals surface area contributed by atoms with Crippen LogP contribution in [0, 0.1) is 0 Å². The number of ether oxygens (including phenoxy) is 3. The van der Waals surface area contributed by atoms with Crippen molar-refractivity contribution in [1.82, 2.24) is 10.2 Å². The van der Waals surface area contributed by atoms with Gasteiger partial charge in [0.15, 0.2) is 11.5 Å². The first kappa shape index (κ1) is 23.6. The minimum Gasteiger partial charge on any atom is -0.493 e. The number of hydrogen-bond acceptors (Lipinski definition) is 6. The molecule has 2 heterocycles. The Morgan fingerprint density at radius 3 is 2.65 bits per heavy atom. The van der Waals surface area contributed by atoms with Crippen molar-refractivity contribution in [2.24, 2.45) is 0 Å². The van der Waals surface area contributed by atoms with E-state index in [2.05, 4.69) is 10.1 Å². The number of amides is 3. The predicted molar refractivity (Wildman–Crippen MR) is 116 cm³/mol. The zero-order valence-corrected chi connectivity index (χ0v) is 18.5. The normalized spacial score (nSPS) is 17.3. The molecule has 8 nitrogen and oxygen atoms in total. The molecule has 1 N–H and O–H groups in total. The first-order chi connectivity index (χ1) is 16.4. The van der Waals surface area contributed by atoms with Crippen LogP contribution in [-0.2, 0) is 11.2 Å². The number of halogens is 2. The van der Waals surface area contributed by atoms with E-state index in [0.717, 1.165) is 12.8 Å². The van der Waals surface area contributed by atoms with Gasteiger partial charge in [-0.2, -0.15) is 8.78 Å². The molecule has 0 saturated carbocycles. The molecule has 1 unspecified atom stereocenters. The highest BCUT2D eigenvalue weighted by atomic mass is 19.3. The molecule has 0 aromatic heterocycles. The summed E-state index contributed by atoms with van der Waals surface area (Å²) in [7, 11) is 1.35. The summed E-state index contributed by atoms with van der Waals surface area (Å²) in [5.74, 6) is -1.15. The summed E-state index contributed by atoms with van der Waals surface area (Å²) >= 11 is 0. The first-order valence-corrected chi connectivity index (χ1v) is 10.9. The molecule has 2 aromatic rings. The molecule has 0 radical (unpaired) electrons. The Bertz CT molecular complexity index is 1100. The molecule has 4 rings (SSSR count). The van der Waals surface area contributed by atoms with E-state index in [9.17, 15) is 23.2 Å². The van der Waals surface area contributed by atoms with E-state index in [4.69, 9.17) is 9.47 Å². The number of fused-ring (bicyclic) bond motifs is 1. The lowest BCUT2D eigenvalue weighted by atomic mass is 10.1. The van der Waals surface area contributed by atoms with Crippen LogP contribution < -0.4 is 14.8 Å². The number of carbonyl (C=O) groups is 3. The predicted octanol–water partition coefficient (Wildman–Crippen LogP) is 3.04. The minimum atomic E-state index is -2.99. The monoisotopic (exact) mass is 474 g/mol. The molecule has 0 spiro atoms. The zero-order chi connectivity index (χ0) is 24.2. The topological polar surface area (TPSA) is 94.2 Å². The van der Waals surface area contributed by atoms with E-state index >= 15 is 0 Å². The molecule has 2 aliphatic rings. The van der Waals surface area contributed by atoms with Crippen molar-refractivity contribution >= 4 is 17.7 Å². The average Bonchev–Trinajstić information content (AvgIpc) is 3.41. The standard InChI is InChI=1S/C24H24F2N2O6/c1-32-19-7-4-14(11-20(19)34-24(25)26)8-9-27-21(29)15-5-6-17-18(12-15)23(31)28(22(17)30)13-16-3-2-10-33-16/h4-7,11-12,16,24H,2-3,8-10,13H2,1H3,(H,27,29). The molecule has 0 bridgehead atoms. The fourth-order valence-electron chi connectivity index (χ4n) is 4.08. The van der Waals surface area contributed by atoms with Crippen LogP contribution in [0.1, 0.15) is 49.5 Å². The van der Waals surface area contributed by atoms with Gasteiger partial charge >= 0.3 is 6.61 Å². The Morgan fingerprint density at radius 2 is 1.94 bits per heavy atom. The molecule has 1 atom stereocenters. The molecule has 34 heavy (non-hydrogen) atoms. The molecule has 1 fully saturated rings. The summed E-state index contributed by atoms with van der Waals surface area (Å²) in [5, 5.41) is 2.73. The fourth-order valence-corrected chi connectivity index (χ4v) is 4.08. The smallest absolute Gasteiger partial charge is 0.387 e. The second kappa shape index (κ2) is 10.2. The van der Waals surface area contributed by atoms with Gasteiger partial charge in [0.05, 0.1) is 30.9 Å². The number of nitrogens with one attached hydrogen (secondary N) is 1. The van der Waals surface area contributed by atoms with Crippen LogP contribution in [0.2, 0.25) is 0 Å². The van der Waals surface area contributed by atoms with E-state index < -0.39 is 18.4 Å². The molecular weight excluding hydrogens is 450 g/mol. The number of alkyl halides is 2. The summed E-state index contributed by atoms with van der Waals surface area (Å²) < 4.78 is 40.2. The number of methoxy groups -OCH3 is 1. The number of hydrogen-bond donors (Lipinski definition) is 1. The van der Waals surface area contributed by atoms with Crippen LogP contribution in [0.25, 0.3) is 0 Å². The van der Waals surface area contributed by atoms with Crippen molar-refractivity contribution in [3.05, 3.63) is 58.7 Å². The van der Waals surface area contributed by atoms with Crippen molar-refractivity contribution in [3.8, 4) is 11.5 Å². The van der Waals surface area contributed by atoms with Gasteiger partial charge in [0, 0.05) is 18.7 Å². The van der Waals surface area contributed by atoms with Crippen molar-refractivity contribution in [2.45, 2.75) is 32.0 Å². The van der Waals surface area contributed by atoms with Gasteiger partial charge in [-0.1, -0.05) is 6.07 Å². The molecule has 2 aromatic carbocycles. The summed E-state index contributed by atoms with van der Waals surface area (Å²) in [6.07, 6.45) is 1.89. The maximum absolute atomic E-state index is 12.8. The molecule has 3 amide bonds. The highest BCUT2D eigenvalue weighted by Gasteiger charge is 2.37. The molecule has 1 saturated heterocycles. The number of carbonyl (C=O) groups excluding carboxylic acids is 3. The van der Waals surface area contributed by atoms with Crippen molar-refractivity contribution < 1.29 is 37.4 Å². The second-order valence-corrected chi connectivity index (χ2v) is 7.99. The zero-order valence-electron chi connectivity index (χ0n) is 18.5. The van der Waals surface area contributed by atoms with E-state index in [-0.39, 0.29) is 53.3 Å². The van der Waals surface area contributed by atoms with Gasteiger partial charge in [-0.05, 0) is 55.2 Å². The van der Waals surface area contributed by atoms with Gasteiger partial charge in [0.2, 0.25) is 0 Å². The van der Waals surface area contributed by atoms with Gasteiger partial charge < -0.3 is 19.5 Å². The third-order valence-electron chi connectivity index (χ3n) is 5.79. The third kappa shape index (κ3) is 5.01. The van der Waals surface area contributed by atoms with Crippen molar-refractivity contribution in [2.75, 3.05) is 26.8 Å². The summed E-state index contributed by atoms with van der Waals surface area (Å²) in [6.45, 7) is -1.95. The third-order valence-corrected chi connectivity index (χ3v) is 5.79. The lowest BCUT2D eigenvalue weighted by Crippen LogP contribution is -2.36. The van der Waals surface area contributed by atoms with Crippen LogP contribution in [0.4, 0.5) is 8.78 Å². The van der Waals surface area contributed by atoms with E-state index in [0.29, 0.717) is 18.6 Å². The molecular formula is C24H24F2N2O6. The van der Waals surface area contributed by atoms with Gasteiger partial charge in [-0.25, -0.2) is 0 Å². The van der Waals surface area contributed by atoms with Crippen molar-refractivity contribution in [1.29, 1.82) is 0 Å². The molecule has 2 aliphatic heterocycles. The molecule has 180 valence electrons. The Hall–Kier alpha value is -3.53. The van der Waals surface area contributed by atoms with E-state index in [1.165, 1.54) is 42.3 Å². The number of imide groups is 1. The highest BCUT2D eigenvalue weighted by molar-refractivity contribution is 6.22. The van der Waals surface area contributed by atoms with Gasteiger partial charge in [-0.15, -0.1) is 0 Å². The number of nitrogens with zero attached hydrogens (tertiary/aromatic N) is 1. The van der Waals surface area contributed by atoms with Crippen LogP contribution >= 0.6 is 0 Å². The Labute approximate surface area is 194 Å². The van der Waals surface area contributed by atoms with Crippen LogP contribution in [0.5, 0.6) is 11.5 Å². The summed E-state index contributed by atoms with van der Waals surface area (Å²) in [4.78, 5) is 39.2. The molecule has 10 heteroatoms. The Kier molecular flexibility index (Phi) is 7.06. The summed E-state index contributed by atoms with van der Waals surface area (Å²) in [6, 6.07) is 9.03. The van der Waals surface area contributed by atoms with Gasteiger partial charge in [0.1, 0.15) is 0 Å². The minimum absolute atomic E-state index is 0.0873. The van der Waals surface area contributed by atoms with E-state index in [1.807, 2.05) is 0 Å². The SMILES string of the molecule is COc1ccc(CCNC(=O)c2ccc3c(c2)C(=O)N(CC2CCCO2)C3=O)cc1OC(F)F. The van der Waals surface area contributed by atoms with Crippen LogP contribution in [-0.4, -0.2) is 62.1 Å². The quantitative estimate of drug-likeness (QED) is 0.562. The maximum atomic E-state index is 12.8. The fraction of sp³-hybridized carbons (Fsp3) is 0.375. The van der Waals surface area contributed by atoms with Crippen LogP contribution in [0.15, 0.2) is 36.4 Å². The van der Waals surface area contributed by atoms with Crippen LogP contribution in [0.3, 0.4) is 0 Å². The number of rotatable bonds is 9. The Balaban J connectivity index is 1.37. The van der Waals surface area contributed by atoms with E-state index in [1.54, 1.807) is 6.07 Å². The lowest BCUT2D eigenvalue weighted by Gasteiger charge is -2.17. The van der Waals surface area contributed by atoms with Gasteiger partial charge in [0.25, 0.3) is 17.7 Å². The van der Waals surface area contributed by atoms with Crippen molar-refractivity contribution in [3.63, 3.8) is 0 Å². The number of benzene rings is 2. The first-order valence-electron chi connectivity index (χ1n) is 10.9. The highest BCUT2D eigenvalue weighted by Crippen LogP contribution is 2.30.